The Morgan fingerprint density at radius 2 is 1.97 bits per heavy atom. The van der Waals surface area contributed by atoms with Crippen molar-refractivity contribution < 1.29 is 14.3 Å². The third-order valence-electron chi connectivity index (χ3n) is 5.09. The lowest BCUT2D eigenvalue weighted by atomic mass is 10.1. The Bertz CT molecular complexity index is 1030. The van der Waals surface area contributed by atoms with Crippen LogP contribution >= 0.6 is 11.8 Å². The zero-order valence-corrected chi connectivity index (χ0v) is 18.8. The number of hydrogen-bond acceptors (Lipinski definition) is 5. The summed E-state index contributed by atoms with van der Waals surface area (Å²) in [7, 11) is 5.02. The molecule has 3 rings (SSSR count). The van der Waals surface area contributed by atoms with Crippen molar-refractivity contribution in [1.82, 2.24) is 14.5 Å². The second-order valence-electron chi connectivity index (χ2n) is 7.02. The van der Waals surface area contributed by atoms with E-state index in [2.05, 4.69) is 31.0 Å². The van der Waals surface area contributed by atoms with Gasteiger partial charge in [-0.1, -0.05) is 23.9 Å². The molecular formula is C23H27N3O3S. The van der Waals surface area contributed by atoms with Gasteiger partial charge in [-0.25, -0.2) is 4.98 Å². The highest BCUT2D eigenvalue weighted by atomic mass is 32.2. The van der Waals surface area contributed by atoms with Gasteiger partial charge in [0.15, 0.2) is 5.16 Å². The monoisotopic (exact) mass is 425 g/mol. The number of rotatable bonds is 8. The van der Waals surface area contributed by atoms with E-state index >= 15 is 0 Å². The molecule has 7 heteroatoms. The normalized spacial score (nSPS) is 10.7. The van der Waals surface area contributed by atoms with E-state index in [-0.39, 0.29) is 5.91 Å². The molecule has 0 radical (unpaired) electrons. The quantitative estimate of drug-likeness (QED) is 0.505. The fraction of sp³-hybridized carbons (Fsp3) is 0.304. The van der Waals surface area contributed by atoms with Gasteiger partial charge in [-0.05, 0) is 43.2 Å². The maximum Gasteiger partial charge on any atom is 0.233 e. The molecule has 158 valence electrons. The number of carbonyl (C=O) groups is 1. The Labute approximate surface area is 181 Å². The summed E-state index contributed by atoms with van der Waals surface area (Å²) in [6.45, 7) is 4.65. The minimum Gasteiger partial charge on any atom is -0.497 e. The minimum atomic E-state index is 0.0217. The number of imidazole rings is 1. The number of carbonyl (C=O) groups excluding carboxylic acids is 1. The Hall–Kier alpha value is -2.93. The van der Waals surface area contributed by atoms with Crippen LogP contribution in [0.2, 0.25) is 0 Å². The maximum absolute atomic E-state index is 12.7. The first kappa shape index (κ1) is 21.8. The summed E-state index contributed by atoms with van der Waals surface area (Å²) in [6, 6.07) is 11.8. The van der Waals surface area contributed by atoms with E-state index in [1.807, 2.05) is 35.0 Å². The third-order valence-corrected chi connectivity index (χ3v) is 6.05. The minimum absolute atomic E-state index is 0.0217. The molecule has 1 aromatic heterocycles. The summed E-state index contributed by atoms with van der Waals surface area (Å²) in [5.74, 6) is 1.75. The van der Waals surface area contributed by atoms with Crippen LogP contribution in [0.3, 0.4) is 0 Å². The summed E-state index contributed by atoms with van der Waals surface area (Å²) in [6.07, 6.45) is 3.70. The number of aromatic nitrogens is 2. The first-order valence-electron chi connectivity index (χ1n) is 9.62. The molecule has 30 heavy (non-hydrogen) atoms. The number of nitrogens with zero attached hydrogens (tertiary/aromatic N) is 3. The summed E-state index contributed by atoms with van der Waals surface area (Å²) in [5.41, 5.74) is 4.43. The van der Waals surface area contributed by atoms with Gasteiger partial charge in [0.1, 0.15) is 11.5 Å². The van der Waals surface area contributed by atoms with E-state index in [0.29, 0.717) is 18.0 Å². The Morgan fingerprint density at radius 3 is 2.70 bits per heavy atom. The molecule has 1 amide bonds. The molecule has 0 aliphatic carbocycles. The zero-order valence-electron chi connectivity index (χ0n) is 18.0. The van der Waals surface area contributed by atoms with Gasteiger partial charge in [-0.3, -0.25) is 9.36 Å². The van der Waals surface area contributed by atoms with Crippen LogP contribution < -0.4 is 9.47 Å². The van der Waals surface area contributed by atoms with Crippen molar-refractivity contribution in [3.8, 4) is 17.2 Å². The Morgan fingerprint density at radius 1 is 1.17 bits per heavy atom. The number of hydrogen-bond donors (Lipinski definition) is 0. The van der Waals surface area contributed by atoms with Crippen molar-refractivity contribution in [2.24, 2.45) is 0 Å². The Kier molecular flexibility index (Phi) is 7.05. The highest BCUT2D eigenvalue weighted by Crippen LogP contribution is 2.27. The molecule has 0 saturated carbocycles. The number of ether oxygens (including phenoxy) is 2. The van der Waals surface area contributed by atoms with Gasteiger partial charge >= 0.3 is 0 Å². The summed E-state index contributed by atoms with van der Waals surface area (Å²) >= 11 is 1.44. The van der Waals surface area contributed by atoms with Crippen LogP contribution in [0.15, 0.2) is 53.9 Å². The predicted octanol–water partition coefficient (Wildman–Crippen LogP) is 4.26. The van der Waals surface area contributed by atoms with Gasteiger partial charge in [-0.2, -0.15) is 0 Å². The zero-order chi connectivity index (χ0) is 21.7. The fourth-order valence-corrected chi connectivity index (χ4v) is 4.05. The molecule has 6 nitrogen and oxygen atoms in total. The van der Waals surface area contributed by atoms with Gasteiger partial charge < -0.3 is 14.4 Å². The number of aryl methyl sites for hydroxylation is 1. The van der Waals surface area contributed by atoms with Crippen molar-refractivity contribution in [2.45, 2.75) is 25.5 Å². The molecule has 0 aliphatic heterocycles. The number of methoxy groups -OCH3 is 2. The smallest absolute Gasteiger partial charge is 0.233 e. The highest BCUT2D eigenvalue weighted by Gasteiger charge is 2.16. The SMILES string of the molecule is COc1ccc(CN(C)C(=O)CSc2nccn2-c2cccc(C)c2C)c(OC)c1. The van der Waals surface area contributed by atoms with Gasteiger partial charge in [0, 0.05) is 37.6 Å². The summed E-state index contributed by atoms with van der Waals surface area (Å²) in [4.78, 5) is 18.9. The van der Waals surface area contributed by atoms with E-state index in [9.17, 15) is 4.79 Å². The average Bonchev–Trinajstić information content (AvgIpc) is 3.22. The van der Waals surface area contributed by atoms with Crippen LogP contribution in [0.25, 0.3) is 5.69 Å². The second kappa shape index (κ2) is 9.71. The van der Waals surface area contributed by atoms with Crippen LogP contribution in [0.1, 0.15) is 16.7 Å². The lowest BCUT2D eigenvalue weighted by molar-refractivity contribution is -0.127. The summed E-state index contributed by atoms with van der Waals surface area (Å²) < 4.78 is 12.7. The molecule has 0 bridgehead atoms. The average molecular weight is 426 g/mol. The fourth-order valence-electron chi connectivity index (χ4n) is 3.14. The lowest BCUT2D eigenvalue weighted by Crippen LogP contribution is -2.28. The van der Waals surface area contributed by atoms with Gasteiger partial charge in [0.25, 0.3) is 0 Å². The predicted molar refractivity (Wildman–Crippen MR) is 120 cm³/mol. The first-order chi connectivity index (χ1) is 14.4. The molecule has 0 saturated heterocycles. The van der Waals surface area contributed by atoms with Crippen LogP contribution in [0.4, 0.5) is 0 Å². The topological polar surface area (TPSA) is 56.6 Å². The van der Waals surface area contributed by atoms with E-state index in [1.54, 1.807) is 32.4 Å². The number of benzene rings is 2. The third kappa shape index (κ3) is 4.79. The Balaban J connectivity index is 1.67. The lowest BCUT2D eigenvalue weighted by Gasteiger charge is -2.19. The molecule has 0 unspecified atom stereocenters. The van der Waals surface area contributed by atoms with E-state index in [0.717, 1.165) is 22.2 Å². The van der Waals surface area contributed by atoms with Gasteiger partial charge in [0.2, 0.25) is 5.91 Å². The van der Waals surface area contributed by atoms with Crippen LogP contribution in [0.5, 0.6) is 11.5 Å². The second-order valence-corrected chi connectivity index (χ2v) is 7.96. The number of thioether (sulfide) groups is 1. The molecule has 0 N–H and O–H groups in total. The van der Waals surface area contributed by atoms with Crippen LogP contribution in [-0.4, -0.2) is 47.4 Å². The molecule has 0 atom stereocenters. The molecule has 0 aliphatic rings. The largest absolute Gasteiger partial charge is 0.497 e. The van der Waals surface area contributed by atoms with Crippen molar-refractivity contribution in [3.05, 3.63) is 65.5 Å². The van der Waals surface area contributed by atoms with E-state index in [4.69, 9.17) is 9.47 Å². The molecular weight excluding hydrogens is 398 g/mol. The van der Waals surface area contributed by atoms with E-state index in [1.165, 1.54) is 22.9 Å². The van der Waals surface area contributed by atoms with Gasteiger partial charge in [-0.15, -0.1) is 0 Å². The maximum atomic E-state index is 12.7. The van der Waals surface area contributed by atoms with Gasteiger partial charge in [0.05, 0.1) is 25.7 Å². The van der Waals surface area contributed by atoms with Crippen molar-refractivity contribution in [2.75, 3.05) is 27.0 Å². The molecule has 1 heterocycles. The van der Waals surface area contributed by atoms with Crippen molar-refractivity contribution in [3.63, 3.8) is 0 Å². The van der Waals surface area contributed by atoms with E-state index < -0.39 is 0 Å². The molecule has 0 fully saturated rings. The number of amides is 1. The standard InChI is InChI=1S/C23H27N3O3S/c1-16-7-6-8-20(17(16)2)26-12-11-24-23(26)30-15-22(27)25(3)14-18-9-10-19(28-4)13-21(18)29-5/h6-13H,14-15H2,1-5H3. The summed E-state index contributed by atoms with van der Waals surface area (Å²) in [5, 5.41) is 0.799. The van der Waals surface area contributed by atoms with Crippen molar-refractivity contribution in [1.29, 1.82) is 0 Å². The molecule has 0 spiro atoms. The van der Waals surface area contributed by atoms with Crippen molar-refractivity contribution >= 4 is 17.7 Å². The van der Waals surface area contributed by atoms with Crippen LogP contribution in [-0.2, 0) is 11.3 Å². The van der Waals surface area contributed by atoms with Crippen LogP contribution in [0, 0.1) is 13.8 Å². The highest BCUT2D eigenvalue weighted by molar-refractivity contribution is 7.99. The molecule has 3 aromatic rings. The molecule has 2 aromatic carbocycles. The first-order valence-corrected chi connectivity index (χ1v) is 10.6.